The molecule has 1 aliphatic rings. The van der Waals surface area contributed by atoms with Gasteiger partial charge in [-0.05, 0) is 31.6 Å². The number of nitriles is 1. The highest BCUT2D eigenvalue weighted by Crippen LogP contribution is 2.16. The van der Waals surface area contributed by atoms with Crippen LogP contribution in [0.5, 0.6) is 0 Å². The van der Waals surface area contributed by atoms with Crippen molar-refractivity contribution in [1.82, 2.24) is 5.32 Å². The maximum atomic E-state index is 8.32. The molecule has 0 saturated carbocycles. The lowest BCUT2D eigenvalue weighted by Gasteiger charge is -2.22. The van der Waals surface area contributed by atoms with E-state index in [1.165, 1.54) is 24.3 Å². The molecular formula is C9H16N2S. The van der Waals surface area contributed by atoms with E-state index in [0.717, 1.165) is 13.0 Å². The Hall–Kier alpha value is -0.200. The average Bonchev–Trinajstić information content (AvgIpc) is 2.14. The summed E-state index contributed by atoms with van der Waals surface area (Å²) in [7, 11) is 0. The van der Waals surface area contributed by atoms with Gasteiger partial charge >= 0.3 is 0 Å². The fourth-order valence-corrected chi connectivity index (χ4v) is 2.48. The molecule has 0 spiro atoms. The predicted molar refractivity (Wildman–Crippen MR) is 53.2 cm³/mol. The van der Waals surface area contributed by atoms with Crippen LogP contribution >= 0.6 is 11.8 Å². The van der Waals surface area contributed by atoms with Gasteiger partial charge in [0, 0.05) is 18.2 Å². The van der Waals surface area contributed by atoms with Crippen LogP contribution in [0.2, 0.25) is 0 Å². The minimum atomic E-state index is 0.687. The highest BCUT2D eigenvalue weighted by atomic mass is 32.2. The zero-order valence-corrected chi connectivity index (χ0v) is 8.20. The molecule has 1 rings (SSSR count). The van der Waals surface area contributed by atoms with Gasteiger partial charge in [-0.15, -0.1) is 0 Å². The number of hydrogen-bond acceptors (Lipinski definition) is 3. The van der Waals surface area contributed by atoms with Crippen molar-refractivity contribution in [2.75, 3.05) is 18.1 Å². The minimum Gasteiger partial charge on any atom is -0.313 e. The van der Waals surface area contributed by atoms with Crippen molar-refractivity contribution in [3.8, 4) is 6.07 Å². The highest BCUT2D eigenvalue weighted by Gasteiger charge is 2.11. The van der Waals surface area contributed by atoms with E-state index in [0.29, 0.717) is 12.5 Å². The van der Waals surface area contributed by atoms with Crippen molar-refractivity contribution in [2.45, 2.75) is 31.7 Å². The Kier molecular flexibility index (Phi) is 5.21. The van der Waals surface area contributed by atoms with Gasteiger partial charge in [0.05, 0.1) is 6.07 Å². The van der Waals surface area contributed by atoms with E-state index in [1.54, 1.807) is 0 Å². The predicted octanol–water partition coefficient (Wildman–Crippen LogP) is 1.78. The van der Waals surface area contributed by atoms with Gasteiger partial charge in [0.25, 0.3) is 0 Å². The van der Waals surface area contributed by atoms with Crippen LogP contribution in [0, 0.1) is 11.3 Å². The third-order valence-electron chi connectivity index (χ3n) is 2.06. The average molecular weight is 184 g/mol. The van der Waals surface area contributed by atoms with Gasteiger partial charge in [-0.25, -0.2) is 0 Å². The van der Waals surface area contributed by atoms with Gasteiger partial charge in [-0.3, -0.25) is 0 Å². The van der Waals surface area contributed by atoms with Crippen LogP contribution in [0.4, 0.5) is 0 Å². The molecule has 0 aromatic carbocycles. The molecule has 0 aliphatic carbocycles. The maximum Gasteiger partial charge on any atom is 0.0622 e. The van der Waals surface area contributed by atoms with Crippen LogP contribution in [0.1, 0.15) is 25.7 Å². The van der Waals surface area contributed by atoms with Crippen molar-refractivity contribution in [3.63, 3.8) is 0 Å². The zero-order valence-electron chi connectivity index (χ0n) is 7.38. The lowest BCUT2D eigenvalue weighted by molar-refractivity contribution is 0.503. The number of thioether (sulfide) groups is 1. The summed E-state index contributed by atoms with van der Waals surface area (Å²) in [5.41, 5.74) is 0. The van der Waals surface area contributed by atoms with Crippen LogP contribution in [-0.2, 0) is 0 Å². The number of hydrogen-bond donors (Lipinski definition) is 1. The van der Waals surface area contributed by atoms with Crippen molar-refractivity contribution in [3.05, 3.63) is 0 Å². The summed E-state index contributed by atoms with van der Waals surface area (Å²) in [5, 5.41) is 11.8. The highest BCUT2D eigenvalue weighted by molar-refractivity contribution is 7.99. The Morgan fingerprint density at radius 3 is 3.17 bits per heavy atom. The fourth-order valence-electron chi connectivity index (χ4n) is 1.38. The van der Waals surface area contributed by atoms with E-state index in [4.69, 9.17) is 5.26 Å². The van der Waals surface area contributed by atoms with E-state index in [2.05, 4.69) is 11.4 Å². The van der Waals surface area contributed by atoms with Gasteiger partial charge in [0.15, 0.2) is 0 Å². The normalized spacial score (nSPS) is 23.4. The summed E-state index contributed by atoms with van der Waals surface area (Å²) in [6, 6.07) is 2.87. The molecule has 1 fully saturated rings. The first-order valence-corrected chi connectivity index (χ1v) is 5.77. The van der Waals surface area contributed by atoms with E-state index in [-0.39, 0.29) is 0 Å². The minimum absolute atomic E-state index is 0.687. The standard InChI is InChI=1S/C9H16N2S/c10-5-1-2-6-11-9-4-3-7-12-8-9/h9,11H,1-4,6-8H2. The number of unbranched alkanes of at least 4 members (excludes halogenated alkanes) is 1. The number of rotatable bonds is 4. The van der Waals surface area contributed by atoms with Crippen LogP contribution in [-0.4, -0.2) is 24.1 Å². The van der Waals surface area contributed by atoms with E-state index < -0.39 is 0 Å². The molecule has 12 heavy (non-hydrogen) atoms. The van der Waals surface area contributed by atoms with Gasteiger partial charge in [0.2, 0.25) is 0 Å². The lowest BCUT2D eigenvalue weighted by atomic mass is 10.2. The number of nitrogens with one attached hydrogen (secondary N) is 1. The smallest absolute Gasteiger partial charge is 0.0622 e. The first-order valence-electron chi connectivity index (χ1n) is 4.61. The molecule has 1 aliphatic heterocycles. The SMILES string of the molecule is N#CCCCNC1CCCSC1. The van der Waals surface area contributed by atoms with Crippen LogP contribution < -0.4 is 5.32 Å². The Morgan fingerprint density at radius 1 is 1.58 bits per heavy atom. The largest absolute Gasteiger partial charge is 0.313 e. The van der Waals surface area contributed by atoms with Crippen LogP contribution in [0.3, 0.4) is 0 Å². The Labute approximate surface area is 78.7 Å². The molecule has 0 aromatic heterocycles. The molecule has 68 valence electrons. The van der Waals surface area contributed by atoms with E-state index >= 15 is 0 Å². The molecule has 1 saturated heterocycles. The van der Waals surface area contributed by atoms with Crippen molar-refractivity contribution in [1.29, 1.82) is 5.26 Å². The lowest BCUT2D eigenvalue weighted by Crippen LogP contribution is -2.34. The first-order chi connectivity index (χ1) is 5.93. The summed E-state index contributed by atoms with van der Waals surface area (Å²) >= 11 is 2.04. The zero-order chi connectivity index (χ0) is 8.65. The van der Waals surface area contributed by atoms with E-state index in [9.17, 15) is 0 Å². The van der Waals surface area contributed by atoms with Gasteiger partial charge in [-0.2, -0.15) is 17.0 Å². The summed E-state index contributed by atoms with van der Waals surface area (Å²) in [5.74, 6) is 2.59. The summed E-state index contributed by atoms with van der Waals surface area (Å²) in [6.45, 7) is 1.01. The fraction of sp³-hybridized carbons (Fsp3) is 0.889. The van der Waals surface area contributed by atoms with Gasteiger partial charge < -0.3 is 5.32 Å². The third kappa shape index (κ3) is 3.99. The summed E-state index contributed by atoms with van der Waals surface area (Å²) in [6.07, 6.45) is 4.35. The molecule has 1 atom stereocenters. The van der Waals surface area contributed by atoms with Crippen molar-refractivity contribution >= 4 is 11.8 Å². The van der Waals surface area contributed by atoms with E-state index in [1.807, 2.05) is 11.8 Å². The molecule has 1 N–H and O–H groups in total. The second-order valence-corrected chi connectivity index (χ2v) is 4.28. The quantitative estimate of drug-likeness (QED) is 0.676. The molecule has 3 heteroatoms. The molecule has 0 aromatic rings. The van der Waals surface area contributed by atoms with Gasteiger partial charge in [-0.1, -0.05) is 0 Å². The Balaban J connectivity index is 1.95. The second-order valence-electron chi connectivity index (χ2n) is 3.13. The Morgan fingerprint density at radius 2 is 2.50 bits per heavy atom. The second kappa shape index (κ2) is 6.33. The number of nitrogens with zero attached hydrogens (tertiary/aromatic N) is 1. The molecule has 2 nitrogen and oxygen atoms in total. The molecule has 0 radical (unpaired) electrons. The molecule has 0 bridgehead atoms. The molecule has 1 heterocycles. The monoisotopic (exact) mass is 184 g/mol. The van der Waals surface area contributed by atoms with Crippen molar-refractivity contribution < 1.29 is 0 Å². The van der Waals surface area contributed by atoms with Crippen LogP contribution in [0.25, 0.3) is 0 Å². The maximum absolute atomic E-state index is 8.32. The first kappa shape index (κ1) is 9.88. The van der Waals surface area contributed by atoms with Crippen molar-refractivity contribution in [2.24, 2.45) is 0 Å². The molecular weight excluding hydrogens is 168 g/mol. The molecule has 1 unspecified atom stereocenters. The summed E-state index contributed by atoms with van der Waals surface area (Å²) in [4.78, 5) is 0. The molecule has 0 amide bonds. The summed E-state index contributed by atoms with van der Waals surface area (Å²) < 4.78 is 0. The van der Waals surface area contributed by atoms with Gasteiger partial charge in [0.1, 0.15) is 0 Å². The van der Waals surface area contributed by atoms with Crippen LogP contribution in [0.15, 0.2) is 0 Å². The Bertz CT molecular complexity index is 147. The topological polar surface area (TPSA) is 35.8 Å². The third-order valence-corrected chi connectivity index (χ3v) is 3.27.